The van der Waals surface area contributed by atoms with Crippen molar-refractivity contribution in [2.75, 3.05) is 13.7 Å². The first-order valence-electron chi connectivity index (χ1n) is 11.7. The van der Waals surface area contributed by atoms with E-state index < -0.39 is 47.5 Å². The fraction of sp³-hybridized carbons (Fsp3) is 0.357. The fourth-order valence-corrected chi connectivity index (χ4v) is 4.84. The second-order valence-electron chi connectivity index (χ2n) is 9.23. The van der Waals surface area contributed by atoms with Gasteiger partial charge in [0.2, 0.25) is 0 Å². The van der Waals surface area contributed by atoms with Crippen LogP contribution in [0.5, 0.6) is 0 Å². The highest BCUT2D eigenvalue weighted by Gasteiger charge is 2.53. The van der Waals surface area contributed by atoms with Crippen LogP contribution < -0.4 is 0 Å². The quantitative estimate of drug-likeness (QED) is 0.309. The molecule has 4 atom stereocenters. The summed E-state index contributed by atoms with van der Waals surface area (Å²) in [6.07, 6.45) is -11.8. The average molecular weight is 524 g/mol. The van der Waals surface area contributed by atoms with Crippen molar-refractivity contribution in [3.8, 4) is 0 Å². The van der Waals surface area contributed by atoms with E-state index in [-0.39, 0.29) is 18.2 Å². The minimum atomic E-state index is -4.93. The topological polar surface area (TPSA) is 21.7 Å². The summed E-state index contributed by atoms with van der Waals surface area (Å²) in [6, 6.07) is 20.5. The minimum absolute atomic E-state index is 0.0310. The van der Waals surface area contributed by atoms with Gasteiger partial charge in [0, 0.05) is 0 Å². The van der Waals surface area contributed by atoms with Crippen LogP contribution >= 0.6 is 0 Å². The number of likely N-dealkylation sites (N-methyl/N-ethyl adjacent to an activating group) is 1. The molecule has 3 nitrogen and oxygen atoms in total. The van der Waals surface area contributed by atoms with Gasteiger partial charge in [-0.3, -0.25) is 4.90 Å². The molecule has 1 aliphatic heterocycles. The predicted molar refractivity (Wildman–Crippen MR) is 126 cm³/mol. The van der Waals surface area contributed by atoms with E-state index in [2.05, 4.69) is 0 Å². The summed E-state index contributed by atoms with van der Waals surface area (Å²) in [5.74, 6) is 0. The van der Waals surface area contributed by atoms with Gasteiger partial charge in [0.25, 0.3) is 0 Å². The van der Waals surface area contributed by atoms with E-state index in [4.69, 9.17) is 9.47 Å². The lowest BCUT2D eigenvalue weighted by atomic mass is 9.85. The molecule has 4 rings (SSSR count). The zero-order valence-electron chi connectivity index (χ0n) is 20.5. The Morgan fingerprint density at radius 3 is 1.89 bits per heavy atom. The molecule has 0 aromatic heterocycles. The van der Waals surface area contributed by atoms with Gasteiger partial charge in [0.05, 0.1) is 35.5 Å². The van der Waals surface area contributed by atoms with Crippen LogP contribution in [0.15, 0.2) is 78.9 Å². The lowest BCUT2D eigenvalue weighted by molar-refractivity contribution is -0.143. The second kappa shape index (κ2) is 10.1. The van der Waals surface area contributed by atoms with Gasteiger partial charge in [0.15, 0.2) is 0 Å². The van der Waals surface area contributed by atoms with Gasteiger partial charge < -0.3 is 9.47 Å². The second-order valence-corrected chi connectivity index (χ2v) is 9.23. The highest BCUT2D eigenvalue weighted by molar-refractivity contribution is 5.35. The third-order valence-electron chi connectivity index (χ3n) is 6.98. The summed E-state index contributed by atoms with van der Waals surface area (Å²) in [7, 11) is 1.87. The van der Waals surface area contributed by atoms with Gasteiger partial charge in [-0.15, -0.1) is 0 Å². The zero-order chi connectivity index (χ0) is 27.0. The van der Waals surface area contributed by atoms with Crippen LogP contribution in [0.3, 0.4) is 0 Å². The Morgan fingerprint density at radius 1 is 0.865 bits per heavy atom. The van der Waals surface area contributed by atoms with Gasteiger partial charge in [-0.05, 0) is 55.8 Å². The van der Waals surface area contributed by atoms with Crippen LogP contribution in [0.4, 0.5) is 26.3 Å². The van der Waals surface area contributed by atoms with Gasteiger partial charge in [-0.2, -0.15) is 26.3 Å². The Labute approximate surface area is 211 Å². The standard InChI is InChI=1S/C28H27F6NO2/c1-18(21-14-23(27(29,30)31)16-24(15-21)28(32,33)34)36-17-26(22-12-8-5-9-13-22)19(2)37-25(35(26)3)20-10-6-4-7-11-20/h4-16,18-19,25H,17H2,1-3H3. The number of rotatable bonds is 6. The number of benzene rings is 3. The predicted octanol–water partition coefficient (Wildman–Crippen LogP) is 7.75. The minimum Gasteiger partial charge on any atom is -0.371 e. The number of ether oxygens (including phenoxy) is 2. The first-order valence-corrected chi connectivity index (χ1v) is 11.7. The molecule has 3 aromatic rings. The van der Waals surface area contributed by atoms with E-state index in [0.29, 0.717) is 12.1 Å². The van der Waals surface area contributed by atoms with Crippen LogP contribution in [-0.2, 0) is 27.4 Å². The van der Waals surface area contributed by atoms with E-state index in [1.807, 2.05) is 79.5 Å². The number of halogens is 6. The van der Waals surface area contributed by atoms with Crippen LogP contribution in [0, 0.1) is 0 Å². The average Bonchev–Trinajstić information content (AvgIpc) is 3.12. The Balaban J connectivity index is 1.69. The fourth-order valence-electron chi connectivity index (χ4n) is 4.84. The Bertz CT molecular complexity index is 1170. The Kier molecular flexibility index (Phi) is 7.43. The molecule has 4 unspecified atom stereocenters. The van der Waals surface area contributed by atoms with E-state index in [0.717, 1.165) is 11.1 Å². The van der Waals surface area contributed by atoms with E-state index in [1.165, 1.54) is 6.92 Å². The molecule has 0 amide bonds. The summed E-state index contributed by atoms with van der Waals surface area (Å²) in [4.78, 5) is 2.00. The van der Waals surface area contributed by atoms with Gasteiger partial charge in [-0.25, -0.2) is 0 Å². The van der Waals surface area contributed by atoms with Crippen molar-refractivity contribution in [1.29, 1.82) is 0 Å². The summed E-state index contributed by atoms with van der Waals surface area (Å²) in [5, 5.41) is 0. The van der Waals surface area contributed by atoms with Gasteiger partial charge >= 0.3 is 12.4 Å². The smallest absolute Gasteiger partial charge is 0.371 e. The van der Waals surface area contributed by atoms with Gasteiger partial charge in [0.1, 0.15) is 6.23 Å². The zero-order valence-corrected chi connectivity index (χ0v) is 20.5. The molecule has 1 saturated heterocycles. The van der Waals surface area contributed by atoms with Crippen molar-refractivity contribution in [3.05, 3.63) is 107 Å². The lowest BCUT2D eigenvalue weighted by Crippen LogP contribution is -2.49. The highest BCUT2D eigenvalue weighted by Crippen LogP contribution is 2.47. The molecule has 198 valence electrons. The third-order valence-corrected chi connectivity index (χ3v) is 6.98. The Hall–Kier alpha value is -2.88. The molecule has 37 heavy (non-hydrogen) atoms. The molecule has 0 radical (unpaired) electrons. The van der Waals surface area contributed by atoms with Crippen LogP contribution in [-0.4, -0.2) is 24.7 Å². The molecular weight excluding hydrogens is 496 g/mol. The van der Waals surface area contributed by atoms with Crippen LogP contribution in [0.1, 0.15) is 54.0 Å². The SMILES string of the molecule is CC(OCC1(c2ccccc2)C(C)OC(c2ccccc2)N1C)c1cc(C(F)(F)F)cc(C(F)(F)F)c1. The highest BCUT2D eigenvalue weighted by atomic mass is 19.4. The van der Waals surface area contributed by atoms with Crippen molar-refractivity contribution in [2.24, 2.45) is 0 Å². The molecule has 1 heterocycles. The molecule has 0 saturated carbocycles. The molecule has 0 N–H and O–H groups in total. The third kappa shape index (κ3) is 5.39. The molecule has 1 aliphatic rings. The maximum absolute atomic E-state index is 13.4. The first-order chi connectivity index (χ1) is 17.3. The maximum atomic E-state index is 13.4. The number of hydrogen-bond donors (Lipinski definition) is 0. The van der Waals surface area contributed by atoms with Crippen LogP contribution in [0.2, 0.25) is 0 Å². The van der Waals surface area contributed by atoms with E-state index in [9.17, 15) is 26.3 Å². The maximum Gasteiger partial charge on any atom is 0.416 e. The molecule has 3 aromatic carbocycles. The van der Waals surface area contributed by atoms with Crippen molar-refractivity contribution in [2.45, 2.75) is 50.2 Å². The Morgan fingerprint density at radius 2 is 1.38 bits per heavy atom. The van der Waals surface area contributed by atoms with Gasteiger partial charge in [-0.1, -0.05) is 60.7 Å². The van der Waals surface area contributed by atoms with Crippen molar-refractivity contribution in [3.63, 3.8) is 0 Å². The molecular formula is C28H27F6NO2. The summed E-state index contributed by atoms with van der Waals surface area (Å²) < 4.78 is 92.8. The number of alkyl halides is 6. The van der Waals surface area contributed by atoms with Crippen LogP contribution in [0.25, 0.3) is 0 Å². The first kappa shape index (κ1) is 27.2. The molecule has 0 bridgehead atoms. The monoisotopic (exact) mass is 523 g/mol. The van der Waals surface area contributed by atoms with Crippen molar-refractivity contribution in [1.82, 2.24) is 4.90 Å². The molecule has 0 aliphatic carbocycles. The summed E-state index contributed by atoms with van der Waals surface area (Å²) in [5.41, 5.74) is -2.04. The lowest BCUT2D eigenvalue weighted by Gasteiger charge is -2.40. The normalized spacial score (nSPS) is 23.8. The summed E-state index contributed by atoms with van der Waals surface area (Å²) >= 11 is 0. The molecule has 1 fully saturated rings. The number of hydrogen-bond acceptors (Lipinski definition) is 3. The van der Waals surface area contributed by atoms with Crippen molar-refractivity contribution >= 4 is 0 Å². The van der Waals surface area contributed by atoms with E-state index >= 15 is 0 Å². The number of nitrogens with zero attached hydrogens (tertiary/aromatic N) is 1. The van der Waals surface area contributed by atoms with E-state index in [1.54, 1.807) is 0 Å². The summed E-state index contributed by atoms with van der Waals surface area (Å²) in [6.45, 7) is 3.30. The van der Waals surface area contributed by atoms with Crippen molar-refractivity contribution < 1.29 is 35.8 Å². The largest absolute Gasteiger partial charge is 0.416 e. The molecule has 0 spiro atoms. The molecule has 9 heteroatoms.